The van der Waals surface area contributed by atoms with Gasteiger partial charge in [-0.3, -0.25) is 0 Å². The molecule has 0 spiro atoms. The molecule has 7 heteroatoms. The third kappa shape index (κ3) is 2.85. The van der Waals surface area contributed by atoms with Crippen molar-refractivity contribution in [1.82, 2.24) is 15.0 Å². The quantitative estimate of drug-likeness (QED) is 0.843. The summed E-state index contributed by atoms with van der Waals surface area (Å²) in [6, 6.07) is 4.28. The third-order valence-electron chi connectivity index (χ3n) is 3.14. The molecule has 0 unspecified atom stereocenters. The summed E-state index contributed by atoms with van der Waals surface area (Å²) < 4.78 is 5.42. The summed E-state index contributed by atoms with van der Waals surface area (Å²) in [5, 5.41) is 0.212. The van der Waals surface area contributed by atoms with E-state index in [0.717, 1.165) is 18.6 Å². The van der Waals surface area contributed by atoms with Gasteiger partial charge < -0.3 is 14.2 Å². The summed E-state index contributed by atoms with van der Waals surface area (Å²) in [7, 11) is 3.76. The van der Waals surface area contributed by atoms with Gasteiger partial charge in [0.2, 0.25) is 17.2 Å². The molecule has 2 aromatic rings. The van der Waals surface area contributed by atoms with Crippen LogP contribution in [0.3, 0.4) is 0 Å². The largest absolute Gasteiger partial charge is 0.467 e. The van der Waals surface area contributed by atoms with E-state index in [1.54, 1.807) is 6.26 Å². The summed E-state index contributed by atoms with van der Waals surface area (Å²) in [6.45, 7) is 0.644. The predicted octanol–water partition coefficient (Wildman–Crippen LogP) is 2.35. The number of anilines is 2. The van der Waals surface area contributed by atoms with Crippen molar-refractivity contribution in [2.45, 2.75) is 25.4 Å². The van der Waals surface area contributed by atoms with Gasteiger partial charge in [-0.2, -0.15) is 15.0 Å². The van der Waals surface area contributed by atoms with Gasteiger partial charge in [0, 0.05) is 20.1 Å². The highest BCUT2D eigenvalue weighted by atomic mass is 35.5. The molecule has 0 saturated heterocycles. The highest BCUT2D eigenvalue weighted by molar-refractivity contribution is 6.28. The Morgan fingerprint density at radius 2 is 2.00 bits per heavy atom. The second kappa shape index (κ2) is 5.28. The highest BCUT2D eigenvalue weighted by Gasteiger charge is 2.32. The van der Waals surface area contributed by atoms with E-state index in [4.69, 9.17) is 16.0 Å². The van der Waals surface area contributed by atoms with Gasteiger partial charge >= 0.3 is 0 Å². The molecule has 2 heterocycles. The second-order valence-corrected chi connectivity index (χ2v) is 5.38. The van der Waals surface area contributed by atoms with Gasteiger partial charge in [0.25, 0.3) is 0 Å². The lowest BCUT2D eigenvalue weighted by atomic mass is 10.4. The van der Waals surface area contributed by atoms with Gasteiger partial charge in [0.05, 0.1) is 12.8 Å². The first-order chi connectivity index (χ1) is 9.63. The number of hydrogen-bond donors (Lipinski definition) is 0. The van der Waals surface area contributed by atoms with E-state index in [2.05, 4.69) is 19.9 Å². The van der Waals surface area contributed by atoms with Crippen molar-refractivity contribution in [2.24, 2.45) is 0 Å². The average molecular weight is 294 g/mol. The van der Waals surface area contributed by atoms with Crippen LogP contribution in [0.4, 0.5) is 11.9 Å². The minimum Gasteiger partial charge on any atom is -0.467 e. The normalized spacial score (nSPS) is 14.3. The molecule has 0 N–H and O–H groups in total. The zero-order chi connectivity index (χ0) is 14.1. The number of nitrogens with zero attached hydrogens (tertiary/aromatic N) is 5. The molecule has 3 rings (SSSR count). The maximum absolute atomic E-state index is 6.01. The Labute approximate surface area is 122 Å². The molecule has 0 atom stereocenters. The number of aromatic nitrogens is 3. The van der Waals surface area contributed by atoms with Crippen molar-refractivity contribution in [3.8, 4) is 0 Å². The maximum atomic E-state index is 6.01. The fraction of sp³-hybridized carbons (Fsp3) is 0.462. The summed E-state index contributed by atoms with van der Waals surface area (Å²) in [5.74, 6) is 2.05. The van der Waals surface area contributed by atoms with Crippen molar-refractivity contribution < 1.29 is 4.42 Å². The fourth-order valence-corrected chi connectivity index (χ4v) is 2.13. The molecule has 0 aromatic carbocycles. The monoisotopic (exact) mass is 293 g/mol. The third-order valence-corrected chi connectivity index (χ3v) is 3.30. The number of furan rings is 1. The van der Waals surface area contributed by atoms with Crippen molar-refractivity contribution in [2.75, 3.05) is 23.9 Å². The average Bonchev–Trinajstić information content (AvgIpc) is 3.12. The van der Waals surface area contributed by atoms with E-state index >= 15 is 0 Å². The van der Waals surface area contributed by atoms with Crippen LogP contribution in [0, 0.1) is 0 Å². The fourth-order valence-electron chi connectivity index (χ4n) is 1.98. The van der Waals surface area contributed by atoms with E-state index in [-0.39, 0.29) is 5.28 Å². The molecule has 0 radical (unpaired) electrons. The van der Waals surface area contributed by atoms with E-state index in [1.165, 1.54) is 0 Å². The Kier molecular flexibility index (Phi) is 3.48. The van der Waals surface area contributed by atoms with Gasteiger partial charge in [-0.25, -0.2) is 0 Å². The van der Waals surface area contributed by atoms with Gasteiger partial charge in [-0.05, 0) is 36.6 Å². The Morgan fingerprint density at radius 3 is 2.60 bits per heavy atom. The van der Waals surface area contributed by atoms with Crippen LogP contribution >= 0.6 is 11.6 Å². The van der Waals surface area contributed by atoms with Crippen molar-refractivity contribution in [1.29, 1.82) is 0 Å². The molecule has 0 amide bonds. The van der Waals surface area contributed by atoms with E-state index in [0.29, 0.717) is 24.5 Å². The molecule has 1 saturated carbocycles. The lowest BCUT2D eigenvalue weighted by molar-refractivity contribution is 0.499. The molecule has 106 valence electrons. The number of halogens is 1. The van der Waals surface area contributed by atoms with Crippen molar-refractivity contribution in [3.05, 3.63) is 29.4 Å². The molecule has 20 heavy (non-hydrogen) atoms. The van der Waals surface area contributed by atoms with Crippen LogP contribution in [0.15, 0.2) is 22.8 Å². The van der Waals surface area contributed by atoms with E-state index in [9.17, 15) is 0 Å². The van der Waals surface area contributed by atoms with Crippen LogP contribution < -0.4 is 9.80 Å². The predicted molar refractivity (Wildman–Crippen MR) is 77.1 cm³/mol. The van der Waals surface area contributed by atoms with E-state index < -0.39 is 0 Å². The first kappa shape index (κ1) is 13.2. The molecular formula is C13H16ClN5O. The molecule has 6 nitrogen and oxygen atoms in total. The number of hydrogen-bond acceptors (Lipinski definition) is 6. The van der Waals surface area contributed by atoms with Gasteiger partial charge in [0.15, 0.2) is 0 Å². The molecule has 1 aliphatic rings. The van der Waals surface area contributed by atoms with Crippen LogP contribution in [0.1, 0.15) is 18.6 Å². The number of rotatable bonds is 5. The lowest BCUT2D eigenvalue weighted by Crippen LogP contribution is -2.28. The molecular weight excluding hydrogens is 278 g/mol. The summed E-state index contributed by atoms with van der Waals surface area (Å²) in [4.78, 5) is 16.8. The summed E-state index contributed by atoms with van der Waals surface area (Å²) >= 11 is 6.01. The van der Waals surface area contributed by atoms with Gasteiger partial charge in [-0.15, -0.1) is 0 Å². The van der Waals surface area contributed by atoms with Crippen LogP contribution in [0.5, 0.6) is 0 Å². The summed E-state index contributed by atoms with van der Waals surface area (Å²) in [6.07, 6.45) is 3.95. The van der Waals surface area contributed by atoms with E-state index in [1.807, 2.05) is 31.1 Å². The Hall–Kier alpha value is -1.82. The molecule has 0 bridgehead atoms. The van der Waals surface area contributed by atoms with Crippen LogP contribution in [0.25, 0.3) is 0 Å². The Morgan fingerprint density at radius 1 is 1.25 bits per heavy atom. The van der Waals surface area contributed by atoms with Crippen molar-refractivity contribution >= 4 is 23.5 Å². The van der Waals surface area contributed by atoms with Crippen LogP contribution in [-0.4, -0.2) is 35.1 Å². The molecule has 1 fully saturated rings. The van der Waals surface area contributed by atoms with Crippen molar-refractivity contribution in [3.63, 3.8) is 0 Å². The summed E-state index contributed by atoms with van der Waals surface area (Å²) in [5.41, 5.74) is 0. The highest BCUT2D eigenvalue weighted by Crippen LogP contribution is 2.32. The van der Waals surface area contributed by atoms with Crippen LogP contribution in [0.2, 0.25) is 5.28 Å². The lowest BCUT2D eigenvalue weighted by Gasteiger charge is -2.22. The zero-order valence-corrected chi connectivity index (χ0v) is 12.2. The topological polar surface area (TPSA) is 58.3 Å². The minimum atomic E-state index is 0.212. The Balaban J connectivity index is 1.91. The first-order valence-electron chi connectivity index (χ1n) is 6.51. The second-order valence-electron chi connectivity index (χ2n) is 5.04. The van der Waals surface area contributed by atoms with Gasteiger partial charge in [0.1, 0.15) is 5.76 Å². The zero-order valence-electron chi connectivity index (χ0n) is 11.5. The van der Waals surface area contributed by atoms with Crippen LogP contribution in [-0.2, 0) is 6.54 Å². The SMILES string of the molecule is CN(C)c1nc(Cl)nc(N(Cc2ccco2)C2CC2)n1. The smallest absolute Gasteiger partial charge is 0.232 e. The molecule has 1 aliphatic carbocycles. The minimum absolute atomic E-state index is 0.212. The molecule has 2 aromatic heterocycles. The maximum Gasteiger partial charge on any atom is 0.232 e. The van der Waals surface area contributed by atoms with Gasteiger partial charge in [-0.1, -0.05) is 0 Å². The Bertz CT molecular complexity index is 582. The standard InChI is InChI=1S/C13H16ClN5O/c1-18(2)12-15-11(14)16-13(17-12)19(9-5-6-9)8-10-4-3-7-20-10/h3-4,7,9H,5-6,8H2,1-2H3. The molecule has 0 aliphatic heterocycles. The first-order valence-corrected chi connectivity index (χ1v) is 6.89.